The molecule has 1 amide bonds. The van der Waals surface area contributed by atoms with E-state index in [1.807, 2.05) is 6.92 Å². The minimum absolute atomic E-state index is 0.325. The number of nitrogen functional groups attached to an aromatic ring is 1. The van der Waals surface area contributed by atoms with E-state index < -0.39 is 37.3 Å². The van der Waals surface area contributed by atoms with Gasteiger partial charge in [-0.1, -0.05) is 6.92 Å². The van der Waals surface area contributed by atoms with E-state index in [1.165, 1.54) is 0 Å². The minimum atomic E-state index is -1.46. The normalized spacial score (nSPS) is 28.5. The van der Waals surface area contributed by atoms with Crippen LogP contribution < -0.4 is 15.8 Å². The minimum Gasteiger partial charge on any atom is -0.482 e. The van der Waals surface area contributed by atoms with Crippen LogP contribution in [0.15, 0.2) is 24.3 Å². The third-order valence-corrected chi connectivity index (χ3v) is 3.95. The van der Waals surface area contributed by atoms with Gasteiger partial charge in [0, 0.05) is 12.2 Å². The monoisotopic (exact) mass is 370 g/mol. The van der Waals surface area contributed by atoms with Crippen LogP contribution in [-0.4, -0.2) is 71.7 Å². The highest BCUT2D eigenvalue weighted by atomic mass is 16.7. The summed E-state index contributed by atoms with van der Waals surface area (Å²) in [6.45, 7) is 1.58. The number of carbonyl (C=O) groups is 1. The number of aliphatic hydroxyl groups excluding tert-OH is 3. The maximum Gasteiger partial charge on any atom is 0.246 e. The van der Waals surface area contributed by atoms with E-state index in [4.69, 9.17) is 19.9 Å². The van der Waals surface area contributed by atoms with Crippen LogP contribution in [0.5, 0.6) is 5.75 Å². The van der Waals surface area contributed by atoms with Gasteiger partial charge in [0.1, 0.15) is 30.7 Å². The summed E-state index contributed by atoms with van der Waals surface area (Å²) in [7, 11) is 0. The lowest BCUT2D eigenvalue weighted by Crippen LogP contribution is -2.61. The number of rotatable bonds is 8. The van der Waals surface area contributed by atoms with Gasteiger partial charge in [0.05, 0.1) is 6.61 Å². The number of ether oxygens (including phenoxy) is 3. The maximum absolute atomic E-state index is 11.8. The average Bonchev–Trinajstić information content (AvgIpc) is 2.63. The van der Waals surface area contributed by atoms with Gasteiger partial charge < -0.3 is 40.6 Å². The summed E-state index contributed by atoms with van der Waals surface area (Å²) in [5, 5.41) is 32.5. The molecule has 9 heteroatoms. The molecule has 6 N–H and O–H groups in total. The van der Waals surface area contributed by atoms with E-state index in [2.05, 4.69) is 5.32 Å². The molecule has 0 aromatic heterocycles. The molecule has 1 saturated heterocycles. The van der Waals surface area contributed by atoms with Gasteiger partial charge in [-0.05, 0) is 30.7 Å². The Bertz CT molecular complexity index is 569. The van der Waals surface area contributed by atoms with E-state index in [0.29, 0.717) is 18.0 Å². The van der Waals surface area contributed by atoms with Crippen molar-refractivity contribution in [2.45, 2.75) is 44.1 Å². The van der Waals surface area contributed by atoms with Crippen molar-refractivity contribution in [2.24, 2.45) is 0 Å². The fourth-order valence-corrected chi connectivity index (χ4v) is 2.57. The average molecular weight is 370 g/mol. The molecule has 0 saturated carbocycles. The Balaban J connectivity index is 2.09. The molecule has 5 atom stereocenters. The SMILES string of the molecule is CCCNC(=O)CO[C@H]1[C@@H](O)[C@@H](CO)O[C@@H](O)[C@@H]1Oc1ccc(N)cc1. The Morgan fingerprint density at radius 2 is 1.96 bits per heavy atom. The molecule has 0 unspecified atom stereocenters. The first-order valence-corrected chi connectivity index (χ1v) is 8.49. The Morgan fingerprint density at radius 3 is 2.58 bits per heavy atom. The lowest BCUT2D eigenvalue weighted by molar-refractivity contribution is -0.287. The van der Waals surface area contributed by atoms with Crippen molar-refractivity contribution in [1.82, 2.24) is 5.32 Å². The predicted molar refractivity (Wildman–Crippen MR) is 92.3 cm³/mol. The Labute approximate surface area is 151 Å². The third kappa shape index (κ3) is 5.29. The number of benzene rings is 1. The van der Waals surface area contributed by atoms with Crippen molar-refractivity contribution < 1.29 is 34.3 Å². The number of anilines is 1. The summed E-state index contributed by atoms with van der Waals surface area (Å²) in [4.78, 5) is 11.8. The summed E-state index contributed by atoms with van der Waals surface area (Å²) < 4.78 is 16.4. The zero-order valence-corrected chi connectivity index (χ0v) is 14.6. The van der Waals surface area contributed by atoms with E-state index >= 15 is 0 Å². The van der Waals surface area contributed by atoms with Crippen molar-refractivity contribution in [3.05, 3.63) is 24.3 Å². The molecule has 1 fully saturated rings. The summed E-state index contributed by atoms with van der Waals surface area (Å²) in [5.74, 6) is 0.0253. The topological polar surface area (TPSA) is 144 Å². The molecule has 26 heavy (non-hydrogen) atoms. The van der Waals surface area contributed by atoms with Crippen molar-refractivity contribution in [2.75, 3.05) is 25.5 Å². The number of nitrogens with two attached hydrogens (primary N) is 1. The van der Waals surface area contributed by atoms with Crippen LogP contribution in [0.2, 0.25) is 0 Å². The quantitative estimate of drug-likeness (QED) is 0.367. The first-order valence-electron chi connectivity index (χ1n) is 8.49. The molecule has 146 valence electrons. The molecule has 1 aromatic carbocycles. The second-order valence-electron chi connectivity index (χ2n) is 6.02. The van der Waals surface area contributed by atoms with E-state index in [1.54, 1.807) is 24.3 Å². The van der Waals surface area contributed by atoms with Crippen LogP contribution in [0.4, 0.5) is 5.69 Å². The lowest BCUT2D eigenvalue weighted by Gasteiger charge is -2.41. The fourth-order valence-electron chi connectivity index (χ4n) is 2.57. The number of carbonyl (C=O) groups excluding carboxylic acids is 1. The highest BCUT2D eigenvalue weighted by Gasteiger charge is 2.47. The van der Waals surface area contributed by atoms with Crippen LogP contribution >= 0.6 is 0 Å². The van der Waals surface area contributed by atoms with Crippen LogP contribution in [0.25, 0.3) is 0 Å². The van der Waals surface area contributed by atoms with Gasteiger partial charge in [-0.15, -0.1) is 0 Å². The van der Waals surface area contributed by atoms with Crippen molar-refractivity contribution >= 4 is 11.6 Å². The Morgan fingerprint density at radius 1 is 1.27 bits per heavy atom. The summed E-state index contributed by atoms with van der Waals surface area (Å²) in [6.07, 6.45) is -5.21. The van der Waals surface area contributed by atoms with Crippen molar-refractivity contribution in [1.29, 1.82) is 0 Å². The second kappa shape index (κ2) is 9.70. The molecule has 9 nitrogen and oxygen atoms in total. The van der Waals surface area contributed by atoms with Gasteiger partial charge in [-0.3, -0.25) is 4.79 Å². The molecule has 0 aliphatic carbocycles. The second-order valence-corrected chi connectivity index (χ2v) is 6.02. The Hall–Kier alpha value is -1.91. The summed E-state index contributed by atoms with van der Waals surface area (Å²) >= 11 is 0. The summed E-state index contributed by atoms with van der Waals surface area (Å²) in [5.41, 5.74) is 6.17. The zero-order chi connectivity index (χ0) is 19.1. The standard InChI is InChI=1S/C17H26N2O7/c1-2-7-19-13(21)9-24-15-14(22)12(8-20)26-17(23)16(15)25-11-5-3-10(18)4-6-11/h3-6,12,14-17,20,22-23H,2,7-9,18H2,1H3,(H,19,21)/t12-,14+,15+,16-,17-/m1/s1. The smallest absolute Gasteiger partial charge is 0.246 e. The highest BCUT2D eigenvalue weighted by molar-refractivity contribution is 5.77. The largest absolute Gasteiger partial charge is 0.482 e. The van der Waals surface area contributed by atoms with Crippen molar-refractivity contribution in [3.63, 3.8) is 0 Å². The van der Waals surface area contributed by atoms with E-state index in [-0.39, 0.29) is 12.5 Å². The van der Waals surface area contributed by atoms with E-state index in [0.717, 1.165) is 6.42 Å². The molecule has 1 aliphatic heterocycles. The van der Waals surface area contributed by atoms with Gasteiger partial charge in [0.2, 0.25) is 5.91 Å². The Kier molecular flexibility index (Phi) is 7.61. The fraction of sp³-hybridized carbons (Fsp3) is 0.588. The number of nitrogens with one attached hydrogen (secondary N) is 1. The van der Waals surface area contributed by atoms with Gasteiger partial charge >= 0.3 is 0 Å². The van der Waals surface area contributed by atoms with Gasteiger partial charge in [0.25, 0.3) is 0 Å². The first kappa shape index (κ1) is 20.4. The number of amides is 1. The van der Waals surface area contributed by atoms with Crippen LogP contribution in [-0.2, 0) is 14.3 Å². The number of hydrogen-bond donors (Lipinski definition) is 5. The molecular weight excluding hydrogens is 344 g/mol. The molecule has 0 spiro atoms. The molecular formula is C17H26N2O7. The van der Waals surface area contributed by atoms with Crippen LogP contribution in [0.1, 0.15) is 13.3 Å². The van der Waals surface area contributed by atoms with E-state index in [9.17, 15) is 20.1 Å². The molecule has 0 bridgehead atoms. The van der Waals surface area contributed by atoms with Crippen LogP contribution in [0, 0.1) is 0 Å². The summed E-state index contributed by atoms with van der Waals surface area (Å²) in [6, 6.07) is 6.42. The zero-order valence-electron chi connectivity index (χ0n) is 14.6. The molecule has 1 aromatic rings. The third-order valence-electron chi connectivity index (χ3n) is 3.95. The molecule has 1 heterocycles. The van der Waals surface area contributed by atoms with Crippen LogP contribution in [0.3, 0.4) is 0 Å². The number of aliphatic hydroxyl groups is 3. The van der Waals surface area contributed by atoms with Gasteiger partial charge in [-0.25, -0.2) is 0 Å². The lowest BCUT2D eigenvalue weighted by atomic mass is 9.98. The molecule has 1 aliphatic rings. The number of hydrogen-bond acceptors (Lipinski definition) is 8. The van der Waals surface area contributed by atoms with Crippen molar-refractivity contribution in [3.8, 4) is 5.75 Å². The molecule has 0 radical (unpaired) electrons. The molecule has 2 rings (SSSR count). The van der Waals surface area contributed by atoms with Gasteiger partial charge in [0.15, 0.2) is 12.4 Å². The first-order chi connectivity index (χ1) is 12.5. The van der Waals surface area contributed by atoms with Gasteiger partial charge in [-0.2, -0.15) is 0 Å². The predicted octanol–water partition coefficient (Wildman–Crippen LogP) is -1.00. The maximum atomic E-state index is 11.8. The highest BCUT2D eigenvalue weighted by Crippen LogP contribution is 2.27.